The van der Waals surface area contributed by atoms with Gasteiger partial charge in [-0.3, -0.25) is 0 Å². The second-order valence-corrected chi connectivity index (χ2v) is 16.5. The van der Waals surface area contributed by atoms with Crippen molar-refractivity contribution >= 4 is 161 Å². The van der Waals surface area contributed by atoms with E-state index in [1.54, 1.807) is 0 Å². The van der Waals surface area contributed by atoms with Crippen LogP contribution in [0.4, 0.5) is 0 Å². The number of rotatable bonds is 3. The monoisotopic (exact) mass is 742 g/mol. The summed E-state index contributed by atoms with van der Waals surface area (Å²) < 4.78 is 6.51. The summed E-state index contributed by atoms with van der Waals surface area (Å²) in [6.07, 6.45) is 0. The Balaban J connectivity index is 1.26. The molecule has 1 aromatic heterocycles. The van der Waals surface area contributed by atoms with Gasteiger partial charge in [-0.25, -0.2) is 0 Å². The average molecular weight is 741 g/mol. The molecule has 10 aromatic rings. The third kappa shape index (κ3) is 4.93. The fraction of sp³-hybridized carbons (Fsp3) is 0.0588. The molecular weight excluding hydrogens is 715 g/mol. The highest BCUT2D eigenvalue weighted by Gasteiger charge is 2.37. The van der Waals surface area contributed by atoms with Crippen LogP contribution in [0, 0.1) is 0 Å². The first kappa shape index (κ1) is 37.1. The summed E-state index contributed by atoms with van der Waals surface area (Å²) in [5, 5.41) is 6.24. The van der Waals surface area contributed by atoms with E-state index >= 15 is 0 Å². The van der Waals surface area contributed by atoms with Gasteiger partial charge in [-0.05, 0) is 107 Å². The summed E-state index contributed by atoms with van der Waals surface area (Å²) in [4.78, 5) is 0. The molecule has 16 radical (unpaired) electrons. The Kier molecular flexibility index (Phi) is 8.06. The minimum atomic E-state index is -0.246. The van der Waals surface area contributed by atoms with Gasteiger partial charge in [0.05, 0.1) is 0 Å². The average Bonchev–Trinajstić information content (AvgIpc) is 3.77. The van der Waals surface area contributed by atoms with E-state index in [1.165, 1.54) is 22.3 Å². The van der Waals surface area contributed by atoms with Gasteiger partial charge in [0.15, 0.2) is 0 Å². The summed E-state index contributed by atoms with van der Waals surface area (Å²) >= 11 is 0. The highest BCUT2D eigenvalue weighted by atomic mass is 16.3. The van der Waals surface area contributed by atoms with Crippen LogP contribution in [0.3, 0.4) is 0 Å². The second kappa shape index (κ2) is 13.0. The molecule has 1 heterocycles. The molecule has 0 fully saturated rings. The molecule has 0 atom stereocenters. The molecule has 0 saturated carbocycles. The Morgan fingerprint density at radius 1 is 0.400 bits per heavy atom. The Bertz CT molecular complexity index is 3480. The molecule has 60 heavy (non-hydrogen) atoms. The van der Waals surface area contributed by atoms with Gasteiger partial charge in [-0.15, -0.1) is 21.9 Å². The van der Waals surface area contributed by atoms with Gasteiger partial charge in [0.2, 0.25) is 0 Å². The van der Waals surface area contributed by atoms with E-state index in [0.29, 0.717) is 32.7 Å². The molecule has 0 unspecified atom stereocenters. The SMILES string of the molecule is [B]c1c([B])c([B])c2c(-c3ccc4oc5c6ccccc6ccc5c4c3)c3c([B])c([B])c([B])c([B])c3c(-c3cccc(-c4cccc5c4C(C)(C)c4ccccc4-5)c3)c2c1[B]. The zero-order valence-corrected chi connectivity index (χ0v) is 33.1. The van der Waals surface area contributed by atoms with E-state index < -0.39 is 0 Å². The van der Waals surface area contributed by atoms with Crippen LogP contribution in [-0.4, -0.2) is 62.8 Å². The minimum absolute atomic E-state index is 0.165. The largest absolute Gasteiger partial charge is 0.455 e. The molecule has 11 rings (SSSR count). The van der Waals surface area contributed by atoms with E-state index in [4.69, 9.17) is 67.2 Å². The first-order chi connectivity index (χ1) is 28.9. The van der Waals surface area contributed by atoms with E-state index in [0.717, 1.165) is 55.0 Å². The number of hydrogen-bond acceptors (Lipinski definition) is 1. The lowest BCUT2D eigenvalue weighted by molar-refractivity contribution is 0.662. The molecule has 260 valence electrons. The predicted octanol–water partition coefficient (Wildman–Crippen LogP) is 4.70. The molecule has 0 N–H and O–H groups in total. The number of fused-ring (bicyclic) bond motifs is 10. The molecule has 1 aliphatic rings. The zero-order chi connectivity index (χ0) is 41.5. The zero-order valence-electron chi connectivity index (χ0n) is 33.1. The Hall–Kier alpha value is -5.92. The molecule has 9 aromatic carbocycles. The summed E-state index contributed by atoms with van der Waals surface area (Å²) in [5.74, 6) is 0. The van der Waals surface area contributed by atoms with Crippen molar-refractivity contribution in [2.75, 3.05) is 0 Å². The van der Waals surface area contributed by atoms with Crippen LogP contribution in [0.15, 0.2) is 126 Å². The fourth-order valence-corrected chi connectivity index (χ4v) is 10.1. The smallest absolute Gasteiger partial charge is 0.143 e. The number of hydrogen-bond donors (Lipinski definition) is 0. The summed E-state index contributed by atoms with van der Waals surface area (Å²) in [5.41, 5.74) is 12.9. The van der Waals surface area contributed by atoms with Crippen molar-refractivity contribution in [3.63, 3.8) is 0 Å². The van der Waals surface area contributed by atoms with Crippen molar-refractivity contribution in [3.8, 4) is 44.5 Å². The molecule has 0 spiro atoms. The summed E-state index contributed by atoms with van der Waals surface area (Å²) in [6, 6.07) is 41.8. The summed E-state index contributed by atoms with van der Waals surface area (Å²) in [6.45, 7) is 4.56. The minimum Gasteiger partial charge on any atom is -0.455 e. The van der Waals surface area contributed by atoms with Crippen molar-refractivity contribution in [1.82, 2.24) is 0 Å². The Morgan fingerprint density at radius 3 is 1.60 bits per heavy atom. The molecular formula is C51H26B8O. The highest BCUT2D eigenvalue weighted by Crippen LogP contribution is 2.52. The van der Waals surface area contributed by atoms with Crippen LogP contribution in [0.1, 0.15) is 25.0 Å². The van der Waals surface area contributed by atoms with E-state index in [9.17, 15) is 0 Å². The molecule has 0 bridgehead atoms. The van der Waals surface area contributed by atoms with Gasteiger partial charge in [-0.2, -0.15) is 0 Å². The molecule has 0 aliphatic heterocycles. The molecule has 1 aliphatic carbocycles. The first-order valence-corrected chi connectivity index (χ1v) is 19.8. The molecule has 9 heteroatoms. The van der Waals surface area contributed by atoms with Gasteiger partial charge >= 0.3 is 0 Å². The maximum atomic E-state index is 7.13. The van der Waals surface area contributed by atoms with Crippen LogP contribution >= 0.6 is 0 Å². The Labute approximate surface area is 359 Å². The van der Waals surface area contributed by atoms with Crippen molar-refractivity contribution in [2.45, 2.75) is 19.3 Å². The lowest BCUT2D eigenvalue weighted by Crippen LogP contribution is -2.50. The van der Waals surface area contributed by atoms with Crippen LogP contribution in [0.5, 0.6) is 0 Å². The maximum Gasteiger partial charge on any atom is 0.143 e. The van der Waals surface area contributed by atoms with Gasteiger partial charge in [-0.1, -0.05) is 133 Å². The topological polar surface area (TPSA) is 13.1 Å². The maximum absolute atomic E-state index is 7.13. The standard InChI is InChI=1S/C51H26B8O/c1-51(2)33-16-6-5-13-29(33)30-15-8-14-27(41(30)51)24-10-7-11-25(21-24)35-37-39(44(54)48(58)46(56)42(37)52)36(40-38(35)43(53)47(57)49(59)45(40)55)26-18-20-34-32(22-26)31-19-17-23-9-3-4-12-28(23)50(31)60-34/h3-22H,1-2H3. The van der Waals surface area contributed by atoms with Crippen molar-refractivity contribution in [3.05, 3.63) is 132 Å². The van der Waals surface area contributed by atoms with E-state index in [1.807, 2.05) is 36.4 Å². The lowest BCUT2D eigenvalue weighted by atomic mass is 9.59. The van der Waals surface area contributed by atoms with E-state index in [-0.39, 0.29) is 49.1 Å². The van der Waals surface area contributed by atoms with Crippen LogP contribution in [0.25, 0.3) is 98.8 Å². The first-order valence-electron chi connectivity index (χ1n) is 19.8. The second-order valence-electron chi connectivity index (χ2n) is 16.5. The third-order valence-corrected chi connectivity index (χ3v) is 13.0. The van der Waals surface area contributed by atoms with Gasteiger partial charge in [0, 0.05) is 21.6 Å². The third-order valence-electron chi connectivity index (χ3n) is 13.0. The highest BCUT2D eigenvalue weighted by molar-refractivity contribution is 6.71. The molecule has 0 saturated heterocycles. The van der Waals surface area contributed by atoms with Crippen LogP contribution in [0.2, 0.25) is 0 Å². The van der Waals surface area contributed by atoms with Crippen LogP contribution < -0.4 is 43.7 Å². The van der Waals surface area contributed by atoms with Crippen molar-refractivity contribution in [2.24, 2.45) is 0 Å². The molecule has 0 amide bonds. The fourth-order valence-electron chi connectivity index (χ4n) is 10.1. The normalized spacial score (nSPS) is 13.2. The van der Waals surface area contributed by atoms with Crippen molar-refractivity contribution < 1.29 is 4.42 Å². The van der Waals surface area contributed by atoms with Gasteiger partial charge in [0.1, 0.15) is 73.9 Å². The summed E-state index contributed by atoms with van der Waals surface area (Å²) in [7, 11) is 55.4. The van der Waals surface area contributed by atoms with Gasteiger partial charge in [0.25, 0.3) is 0 Å². The van der Waals surface area contributed by atoms with Crippen molar-refractivity contribution in [1.29, 1.82) is 0 Å². The number of benzene rings is 9. The predicted molar refractivity (Wildman–Crippen MR) is 263 cm³/mol. The molecule has 1 nitrogen and oxygen atoms in total. The van der Waals surface area contributed by atoms with Crippen LogP contribution in [-0.2, 0) is 5.41 Å². The van der Waals surface area contributed by atoms with E-state index in [2.05, 4.69) is 98.8 Å². The Morgan fingerprint density at radius 2 is 0.933 bits per heavy atom. The quantitative estimate of drug-likeness (QED) is 0.189. The van der Waals surface area contributed by atoms with Gasteiger partial charge < -0.3 is 4.42 Å². The lowest BCUT2D eigenvalue weighted by Gasteiger charge is -2.29. The number of furan rings is 1.